The van der Waals surface area contributed by atoms with Gasteiger partial charge in [-0.3, -0.25) is 4.79 Å². The van der Waals surface area contributed by atoms with Crippen molar-refractivity contribution < 1.29 is 4.79 Å². The highest BCUT2D eigenvalue weighted by molar-refractivity contribution is 7.99. The van der Waals surface area contributed by atoms with E-state index in [4.69, 9.17) is 5.73 Å². The number of amides is 1. The van der Waals surface area contributed by atoms with Crippen molar-refractivity contribution >= 4 is 17.7 Å². The second-order valence-corrected chi connectivity index (χ2v) is 6.55. The summed E-state index contributed by atoms with van der Waals surface area (Å²) in [6.45, 7) is 3.81. The average molecular weight is 292 g/mol. The van der Waals surface area contributed by atoms with Gasteiger partial charge in [0.1, 0.15) is 0 Å². The fraction of sp³-hybridized carbons (Fsp3) is 0.562. The summed E-state index contributed by atoms with van der Waals surface area (Å²) < 4.78 is 0. The highest BCUT2D eigenvalue weighted by atomic mass is 32.2. The number of carbonyl (C=O) groups is 1. The van der Waals surface area contributed by atoms with Crippen LogP contribution in [-0.4, -0.2) is 35.7 Å². The van der Waals surface area contributed by atoms with E-state index in [1.165, 1.54) is 4.90 Å². The first kappa shape index (κ1) is 15.4. The van der Waals surface area contributed by atoms with Crippen molar-refractivity contribution in [1.29, 1.82) is 0 Å². The molecule has 4 heteroatoms. The summed E-state index contributed by atoms with van der Waals surface area (Å²) in [6, 6.07) is 10.1. The second-order valence-electron chi connectivity index (χ2n) is 5.46. The molecule has 1 aromatic rings. The van der Waals surface area contributed by atoms with Gasteiger partial charge in [-0.05, 0) is 30.9 Å². The van der Waals surface area contributed by atoms with E-state index in [-0.39, 0.29) is 11.9 Å². The summed E-state index contributed by atoms with van der Waals surface area (Å²) in [5.41, 5.74) is 5.92. The monoisotopic (exact) mass is 292 g/mol. The van der Waals surface area contributed by atoms with Crippen LogP contribution in [0, 0.1) is 5.92 Å². The molecular weight excluding hydrogens is 268 g/mol. The molecule has 1 aliphatic heterocycles. The molecule has 1 fully saturated rings. The Bertz CT molecular complexity index is 424. The molecule has 2 unspecified atom stereocenters. The van der Waals surface area contributed by atoms with Crippen LogP contribution in [-0.2, 0) is 4.79 Å². The SMILES string of the molecule is CCCC(N)C(=O)N1CCC(CSc2ccccc2)C1. The molecule has 0 radical (unpaired) electrons. The van der Waals surface area contributed by atoms with E-state index in [0.29, 0.717) is 5.92 Å². The molecule has 1 saturated heterocycles. The molecule has 110 valence electrons. The molecule has 0 aliphatic carbocycles. The lowest BCUT2D eigenvalue weighted by atomic mass is 10.1. The minimum Gasteiger partial charge on any atom is -0.341 e. The van der Waals surface area contributed by atoms with Crippen LogP contribution in [0.4, 0.5) is 0 Å². The Morgan fingerprint density at radius 1 is 1.45 bits per heavy atom. The molecule has 2 N–H and O–H groups in total. The fourth-order valence-electron chi connectivity index (χ4n) is 2.57. The van der Waals surface area contributed by atoms with Gasteiger partial charge in [-0.15, -0.1) is 11.8 Å². The van der Waals surface area contributed by atoms with Crippen LogP contribution in [0.3, 0.4) is 0 Å². The number of rotatable bonds is 6. The molecule has 1 aromatic carbocycles. The highest BCUT2D eigenvalue weighted by Gasteiger charge is 2.28. The van der Waals surface area contributed by atoms with Crippen LogP contribution in [0.15, 0.2) is 35.2 Å². The van der Waals surface area contributed by atoms with Crippen molar-refractivity contribution in [2.24, 2.45) is 11.7 Å². The van der Waals surface area contributed by atoms with E-state index in [2.05, 4.69) is 31.2 Å². The van der Waals surface area contributed by atoms with E-state index in [1.807, 2.05) is 22.7 Å². The zero-order chi connectivity index (χ0) is 14.4. The van der Waals surface area contributed by atoms with E-state index < -0.39 is 0 Å². The maximum Gasteiger partial charge on any atom is 0.239 e. The molecular formula is C16H24N2OS. The van der Waals surface area contributed by atoms with Crippen molar-refractivity contribution in [3.8, 4) is 0 Å². The lowest BCUT2D eigenvalue weighted by molar-refractivity contribution is -0.131. The predicted octanol–water partition coefficient (Wildman–Crippen LogP) is 2.75. The Morgan fingerprint density at radius 3 is 2.90 bits per heavy atom. The predicted molar refractivity (Wildman–Crippen MR) is 84.7 cm³/mol. The summed E-state index contributed by atoms with van der Waals surface area (Å²) in [5.74, 6) is 1.81. The molecule has 0 saturated carbocycles. The molecule has 3 nitrogen and oxygen atoms in total. The lowest BCUT2D eigenvalue weighted by Gasteiger charge is -2.20. The van der Waals surface area contributed by atoms with Gasteiger partial charge in [-0.25, -0.2) is 0 Å². The third kappa shape index (κ3) is 4.25. The number of hydrogen-bond acceptors (Lipinski definition) is 3. The molecule has 1 amide bonds. The normalized spacial score (nSPS) is 20.1. The molecule has 1 heterocycles. The maximum atomic E-state index is 12.1. The Labute approximate surface area is 125 Å². The molecule has 20 heavy (non-hydrogen) atoms. The lowest BCUT2D eigenvalue weighted by Crippen LogP contribution is -2.42. The van der Waals surface area contributed by atoms with Gasteiger partial charge in [0.15, 0.2) is 0 Å². The third-order valence-corrected chi connectivity index (χ3v) is 4.99. The average Bonchev–Trinajstić information content (AvgIpc) is 2.94. The number of thioether (sulfide) groups is 1. The van der Waals surface area contributed by atoms with Crippen molar-refractivity contribution in [1.82, 2.24) is 4.90 Å². The van der Waals surface area contributed by atoms with Crippen LogP contribution in [0.2, 0.25) is 0 Å². The van der Waals surface area contributed by atoms with Gasteiger partial charge >= 0.3 is 0 Å². The summed E-state index contributed by atoms with van der Waals surface area (Å²) in [6.07, 6.45) is 2.86. The maximum absolute atomic E-state index is 12.1. The summed E-state index contributed by atoms with van der Waals surface area (Å²) >= 11 is 1.88. The summed E-state index contributed by atoms with van der Waals surface area (Å²) in [4.78, 5) is 15.4. The zero-order valence-corrected chi connectivity index (χ0v) is 12.9. The van der Waals surface area contributed by atoms with Gasteiger partial charge in [-0.2, -0.15) is 0 Å². The number of benzene rings is 1. The minimum atomic E-state index is -0.305. The summed E-state index contributed by atoms with van der Waals surface area (Å²) in [5, 5.41) is 0. The Balaban J connectivity index is 1.76. The minimum absolute atomic E-state index is 0.138. The highest BCUT2D eigenvalue weighted by Crippen LogP contribution is 2.26. The van der Waals surface area contributed by atoms with Gasteiger partial charge in [0.25, 0.3) is 0 Å². The Kier molecular flexibility index (Phi) is 5.92. The van der Waals surface area contributed by atoms with Crippen molar-refractivity contribution in [3.05, 3.63) is 30.3 Å². The first-order valence-electron chi connectivity index (χ1n) is 7.43. The number of nitrogens with two attached hydrogens (primary N) is 1. The Morgan fingerprint density at radius 2 is 2.20 bits per heavy atom. The number of nitrogens with zero attached hydrogens (tertiary/aromatic N) is 1. The topological polar surface area (TPSA) is 46.3 Å². The number of hydrogen-bond donors (Lipinski definition) is 1. The van der Waals surface area contributed by atoms with E-state index in [9.17, 15) is 4.79 Å². The number of likely N-dealkylation sites (tertiary alicyclic amines) is 1. The van der Waals surface area contributed by atoms with Crippen LogP contribution < -0.4 is 5.73 Å². The molecule has 0 bridgehead atoms. The molecule has 0 spiro atoms. The van der Waals surface area contributed by atoms with Gasteiger partial charge in [0, 0.05) is 23.7 Å². The molecule has 1 aliphatic rings. The van der Waals surface area contributed by atoms with E-state index >= 15 is 0 Å². The standard InChI is InChI=1S/C16H24N2OS/c1-2-6-15(17)16(19)18-10-9-13(11-18)12-20-14-7-4-3-5-8-14/h3-5,7-8,13,15H,2,6,9-12,17H2,1H3. The van der Waals surface area contributed by atoms with Gasteiger partial charge in [-0.1, -0.05) is 31.5 Å². The van der Waals surface area contributed by atoms with Gasteiger partial charge in [0.2, 0.25) is 5.91 Å². The molecule has 2 rings (SSSR count). The van der Waals surface area contributed by atoms with E-state index in [1.54, 1.807) is 0 Å². The fourth-order valence-corrected chi connectivity index (χ4v) is 3.62. The quantitative estimate of drug-likeness (QED) is 0.820. The summed E-state index contributed by atoms with van der Waals surface area (Å²) in [7, 11) is 0. The van der Waals surface area contributed by atoms with Crippen LogP contribution in [0.5, 0.6) is 0 Å². The van der Waals surface area contributed by atoms with Crippen LogP contribution in [0.25, 0.3) is 0 Å². The second kappa shape index (κ2) is 7.70. The molecule has 2 atom stereocenters. The zero-order valence-electron chi connectivity index (χ0n) is 12.1. The van der Waals surface area contributed by atoms with Crippen molar-refractivity contribution in [2.75, 3.05) is 18.8 Å². The van der Waals surface area contributed by atoms with Crippen LogP contribution >= 0.6 is 11.8 Å². The van der Waals surface area contributed by atoms with Crippen molar-refractivity contribution in [2.45, 2.75) is 37.1 Å². The Hall–Kier alpha value is -1.00. The molecule has 0 aromatic heterocycles. The smallest absolute Gasteiger partial charge is 0.239 e. The van der Waals surface area contributed by atoms with Crippen molar-refractivity contribution in [3.63, 3.8) is 0 Å². The van der Waals surface area contributed by atoms with Crippen LogP contribution in [0.1, 0.15) is 26.2 Å². The first-order valence-corrected chi connectivity index (χ1v) is 8.41. The van der Waals surface area contributed by atoms with Gasteiger partial charge in [0.05, 0.1) is 6.04 Å². The largest absolute Gasteiger partial charge is 0.341 e. The van der Waals surface area contributed by atoms with E-state index in [0.717, 1.165) is 38.1 Å². The van der Waals surface area contributed by atoms with Gasteiger partial charge < -0.3 is 10.6 Å². The third-order valence-electron chi connectivity index (χ3n) is 3.74. The number of carbonyl (C=O) groups excluding carboxylic acids is 1. The first-order chi connectivity index (χ1) is 9.70.